The van der Waals surface area contributed by atoms with Crippen LogP contribution in [0.25, 0.3) is 0 Å². The van der Waals surface area contributed by atoms with Crippen molar-refractivity contribution in [3.05, 3.63) is 10.0 Å². The van der Waals surface area contributed by atoms with Crippen molar-refractivity contribution in [2.24, 2.45) is 0 Å². The molecule has 2 rings (SSSR count). The van der Waals surface area contributed by atoms with E-state index in [-0.39, 0.29) is 0 Å². The molecule has 1 saturated carbocycles. The number of methoxy groups -OCH3 is 1. The topological polar surface area (TPSA) is 47.0 Å². The van der Waals surface area contributed by atoms with E-state index in [1.165, 1.54) is 30.7 Å². The van der Waals surface area contributed by atoms with Gasteiger partial charge in [0.1, 0.15) is 10.0 Å². The fourth-order valence-corrected chi connectivity index (χ4v) is 3.32. The van der Waals surface area contributed by atoms with Crippen molar-refractivity contribution in [3.63, 3.8) is 0 Å². The standard InChI is InChI=1S/C12H21N3OS/c1-12(5-3-4-6-12)11-15-14-10(17-11)9-13-7-8-16-2/h13H,3-9H2,1-2H3. The lowest BCUT2D eigenvalue weighted by atomic mass is 9.90. The van der Waals surface area contributed by atoms with Gasteiger partial charge in [0.25, 0.3) is 0 Å². The SMILES string of the molecule is COCCNCc1nnc(C2(C)CCCC2)s1. The fraction of sp³-hybridized carbons (Fsp3) is 0.833. The molecule has 1 heterocycles. The Kier molecular flexibility index (Phi) is 4.48. The maximum absolute atomic E-state index is 4.99. The molecule has 1 aromatic heterocycles. The second-order valence-electron chi connectivity index (χ2n) is 4.94. The van der Waals surface area contributed by atoms with Crippen LogP contribution in [0, 0.1) is 0 Å². The van der Waals surface area contributed by atoms with Gasteiger partial charge in [-0.25, -0.2) is 0 Å². The molecule has 17 heavy (non-hydrogen) atoms. The zero-order valence-electron chi connectivity index (χ0n) is 10.7. The van der Waals surface area contributed by atoms with Gasteiger partial charge in [-0.05, 0) is 12.8 Å². The number of aromatic nitrogens is 2. The van der Waals surface area contributed by atoms with Crippen molar-refractivity contribution in [1.82, 2.24) is 15.5 Å². The van der Waals surface area contributed by atoms with Gasteiger partial charge in [0, 0.05) is 25.6 Å². The molecule has 5 heteroatoms. The Morgan fingerprint density at radius 1 is 1.35 bits per heavy atom. The zero-order valence-corrected chi connectivity index (χ0v) is 11.5. The van der Waals surface area contributed by atoms with Gasteiger partial charge >= 0.3 is 0 Å². The minimum atomic E-state index is 0.294. The third-order valence-electron chi connectivity index (χ3n) is 3.45. The third-order valence-corrected chi connectivity index (χ3v) is 4.68. The van der Waals surface area contributed by atoms with Crippen LogP contribution >= 0.6 is 11.3 Å². The lowest BCUT2D eigenvalue weighted by Crippen LogP contribution is -2.18. The molecule has 0 aromatic carbocycles. The van der Waals surface area contributed by atoms with Crippen molar-refractivity contribution in [2.45, 2.75) is 44.6 Å². The van der Waals surface area contributed by atoms with Crippen LogP contribution in [0.3, 0.4) is 0 Å². The molecule has 0 atom stereocenters. The van der Waals surface area contributed by atoms with Crippen LogP contribution in [-0.4, -0.2) is 30.5 Å². The first-order valence-corrected chi connectivity index (χ1v) is 7.09. The molecule has 1 aliphatic carbocycles. The molecule has 0 aliphatic heterocycles. The number of hydrogen-bond donors (Lipinski definition) is 1. The van der Waals surface area contributed by atoms with E-state index in [0.717, 1.165) is 24.7 Å². The first-order valence-electron chi connectivity index (χ1n) is 6.27. The molecule has 0 saturated heterocycles. The van der Waals surface area contributed by atoms with Gasteiger partial charge in [0.2, 0.25) is 0 Å². The van der Waals surface area contributed by atoms with Gasteiger partial charge in [-0.15, -0.1) is 10.2 Å². The van der Waals surface area contributed by atoms with Crippen molar-refractivity contribution in [2.75, 3.05) is 20.3 Å². The second kappa shape index (κ2) is 5.89. The Morgan fingerprint density at radius 3 is 2.82 bits per heavy atom. The van der Waals surface area contributed by atoms with E-state index >= 15 is 0 Å². The molecule has 0 radical (unpaired) electrons. The van der Waals surface area contributed by atoms with Crippen molar-refractivity contribution >= 4 is 11.3 Å². The highest BCUT2D eigenvalue weighted by atomic mass is 32.1. The Morgan fingerprint density at radius 2 is 2.12 bits per heavy atom. The molecular weight excluding hydrogens is 234 g/mol. The Labute approximate surface area is 107 Å². The number of rotatable bonds is 6. The largest absolute Gasteiger partial charge is 0.383 e. The summed E-state index contributed by atoms with van der Waals surface area (Å²) in [5, 5.41) is 14.2. The maximum atomic E-state index is 4.99. The van der Waals surface area contributed by atoms with Crippen LogP contribution in [0.15, 0.2) is 0 Å². The Bertz CT molecular complexity index is 347. The number of nitrogens with zero attached hydrogens (tertiary/aromatic N) is 2. The van der Waals surface area contributed by atoms with Crippen LogP contribution in [-0.2, 0) is 16.7 Å². The zero-order chi connectivity index (χ0) is 12.1. The summed E-state index contributed by atoms with van der Waals surface area (Å²) in [5.74, 6) is 0. The van der Waals surface area contributed by atoms with Gasteiger partial charge in [0.05, 0.1) is 6.61 Å². The fourth-order valence-electron chi connectivity index (χ4n) is 2.31. The molecule has 1 aliphatic rings. The summed E-state index contributed by atoms with van der Waals surface area (Å²) in [6.45, 7) is 4.73. The number of hydrogen-bond acceptors (Lipinski definition) is 5. The monoisotopic (exact) mass is 255 g/mol. The summed E-state index contributed by atoms with van der Waals surface area (Å²) < 4.78 is 4.99. The van der Waals surface area contributed by atoms with E-state index in [4.69, 9.17) is 4.74 Å². The summed E-state index contributed by atoms with van der Waals surface area (Å²) in [4.78, 5) is 0. The summed E-state index contributed by atoms with van der Waals surface area (Å²) >= 11 is 1.76. The highest BCUT2D eigenvalue weighted by Gasteiger charge is 2.33. The molecule has 1 aromatic rings. The quantitative estimate of drug-likeness (QED) is 0.791. The molecule has 96 valence electrons. The Hall–Kier alpha value is -0.520. The lowest BCUT2D eigenvalue weighted by Gasteiger charge is -2.18. The van der Waals surface area contributed by atoms with Gasteiger partial charge in [-0.3, -0.25) is 0 Å². The van der Waals surface area contributed by atoms with Crippen molar-refractivity contribution in [3.8, 4) is 0 Å². The average Bonchev–Trinajstić information content (AvgIpc) is 2.94. The summed E-state index contributed by atoms with van der Waals surface area (Å²) in [7, 11) is 1.71. The van der Waals surface area contributed by atoms with Gasteiger partial charge in [0.15, 0.2) is 0 Å². The Balaban J connectivity index is 1.87. The molecule has 0 amide bonds. The summed E-state index contributed by atoms with van der Waals surface area (Å²) in [5.41, 5.74) is 0.294. The van der Waals surface area contributed by atoms with Crippen molar-refractivity contribution in [1.29, 1.82) is 0 Å². The van der Waals surface area contributed by atoms with Crippen LogP contribution in [0.2, 0.25) is 0 Å². The first-order chi connectivity index (χ1) is 8.24. The van der Waals surface area contributed by atoms with E-state index in [1.54, 1.807) is 18.4 Å². The van der Waals surface area contributed by atoms with E-state index < -0.39 is 0 Å². The molecular formula is C12H21N3OS. The van der Waals surface area contributed by atoms with Gasteiger partial charge in [-0.1, -0.05) is 31.1 Å². The number of ether oxygens (including phenoxy) is 1. The molecule has 0 spiro atoms. The summed E-state index contributed by atoms with van der Waals surface area (Å²) in [6.07, 6.45) is 5.19. The first kappa shape index (κ1) is 12.9. The molecule has 0 unspecified atom stereocenters. The average molecular weight is 255 g/mol. The third kappa shape index (κ3) is 3.24. The highest BCUT2D eigenvalue weighted by Crippen LogP contribution is 2.41. The minimum Gasteiger partial charge on any atom is -0.383 e. The normalized spacial score (nSPS) is 18.7. The maximum Gasteiger partial charge on any atom is 0.131 e. The smallest absolute Gasteiger partial charge is 0.131 e. The second-order valence-corrected chi connectivity index (χ2v) is 6.00. The van der Waals surface area contributed by atoms with E-state index in [2.05, 4.69) is 22.4 Å². The van der Waals surface area contributed by atoms with E-state index in [1.807, 2.05) is 0 Å². The predicted molar refractivity (Wildman–Crippen MR) is 69.3 cm³/mol. The minimum absolute atomic E-state index is 0.294. The van der Waals surface area contributed by atoms with Gasteiger partial charge in [-0.2, -0.15) is 0 Å². The lowest BCUT2D eigenvalue weighted by molar-refractivity contribution is 0.199. The van der Waals surface area contributed by atoms with E-state index in [9.17, 15) is 0 Å². The van der Waals surface area contributed by atoms with Gasteiger partial charge < -0.3 is 10.1 Å². The van der Waals surface area contributed by atoms with Crippen LogP contribution in [0.5, 0.6) is 0 Å². The molecule has 4 nitrogen and oxygen atoms in total. The molecule has 0 bridgehead atoms. The molecule has 1 N–H and O–H groups in total. The van der Waals surface area contributed by atoms with Crippen molar-refractivity contribution < 1.29 is 4.74 Å². The van der Waals surface area contributed by atoms with Crippen LogP contribution in [0.4, 0.5) is 0 Å². The number of nitrogens with one attached hydrogen (secondary N) is 1. The van der Waals surface area contributed by atoms with E-state index in [0.29, 0.717) is 5.41 Å². The highest BCUT2D eigenvalue weighted by molar-refractivity contribution is 7.11. The predicted octanol–water partition coefficient (Wildman–Crippen LogP) is 2.11. The molecule has 1 fully saturated rings. The van der Waals surface area contributed by atoms with Crippen LogP contribution in [0.1, 0.15) is 42.6 Å². The van der Waals surface area contributed by atoms with Crippen LogP contribution < -0.4 is 5.32 Å². The summed E-state index contributed by atoms with van der Waals surface area (Å²) in [6, 6.07) is 0.